The molecule has 0 aliphatic heterocycles. The summed E-state index contributed by atoms with van der Waals surface area (Å²) >= 11 is 1.35. The number of aromatic nitrogens is 1. The van der Waals surface area contributed by atoms with Crippen molar-refractivity contribution in [3.05, 3.63) is 10.6 Å². The molecular weight excluding hydrogens is 307 g/mol. The van der Waals surface area contributed by atoms with E-state index in [1.165, 1.54) is 18.4 Å². The van der Waals surface area contributed by atoms with Crippen LogP contribution in [0.4, 0.5) is 23.1 Å². The highest BCUT2D eigenvalue weighted by Crippen LogP contribution is 2.29. The first-order valence-corrected chi connectivity index (χ1v) is 7.34. The van der Waals surface area contributed by atoms with Gasteiger partial charge < -0.3 is 10.0 Å². The standard InChI is InChI=1S/C12H16F3N3O2S/c1-18(6-9(19)12(13,14)15)11(20)17-10-16-7-4-2-3-5-8(7)21-10/h9,19H,2-6H2,1H3,(H,16,17,20). The van der Waals surface area contributed by atoms with Gasteiger partial charge in [0.25, 0.3) is 0 Å². The molecular formula is C12H16F3N3O2S. The van der Waals surface area contributed by atoms with Gasteiger partial charge >= 0.3 is 12.2 Å². The van der Waals surface area contributed by atoms with Gasteiger partial charge in [0.05, 0.1) is 12.2 Å². The van der Waals surface area contributed by atoms with Gasteiger partial charge in [-0.05, 0) is 25.7 Å². The summed E-state index contributed by atoms with van der Waals surface area (Å²) in [7, 11) is 1.19. The van der Waals surface area contributed by atoms with Crippen molar-refractivity contribution in [1.29, 1.82) is 0 Å². The average molecular weight is 323 g/mol. The number of carbonyl (C=O) groups is 1. The molecule has 0 saturated carbocycles. The number of aryl methyl sites for hydroxylation is 2. The number of nitrogens with one attached hydrogen (secondary N) is 1. The normalized spacial score (nSPS) is 16.2. The van der Waals surface area contributed by atoms with Crippen molar-refractivity contribution in [3.8, 4) is 0 Å². The number of thiazole rings is 1. The molecule has 0 radical (unpaired) electrons. The van der Waals surface area contributed by atoms with Crippen LogP contribution in [-0.4, -0.2) is 46.9 Å². The molecule has 0 bridgehead atoms. The van der Waals surface area contributed by atoms with Crippen molar-refractivity contribution < 1.29 is 23.1 Å². The molecule has 0 saturated heterocycles. The fourth-order valence-electron chi connectivity index (χ4n) is 2.04. The van der Waals surface area contributed by atoms with Crippen LogP contribution in [0.1, 0.15) is 23.4 Å². The molecule has 1 aliphatic carbocycles. The third-order valence-electron chi connectivity index (χ3n) is 3.23. The molecule has 1 aliphatic rings. The number of aliphatic hydroxyl groups excluding tert-OH is 1. The van der Waals surface area contributed by atoms with Gasteiger partial charge in [-0.2, -0.15) is 13.2 Å². The monoisotopic (exact) mass is 323 g/mol. The number of hydrogen-bond donors (Lipinski definition) is 2. The zero-order valence-electron chi connectivity index (χ0n) is 11.4. The zero-order chi connectivity index (χ0) is 15.6. The highest BCUT2D eigenvalue weighted by molar-refractivity contribution is 7.15. The number of urea groups is 1. The summed E-state index contributed by atoms with van der Waals surface area (Å²) < 4.78 is 36.7. The molecule has 5 nitrogen and oxygen atoms in total. The van der Waals surface area contributed by atoms with E-state index in [4.69, 9.17) is 5.11 Å². The fourth-order valence-corrected chi connectivity index (χ4v) is 3.08. The van der Waals surface area contributed by atoms with E-state index in [0.29, 0.717) is 5.13 Å². The number of hydrogen-bond acceptors (Lipinski definition) is 4. The van der Waals surface area contributed by atoms with Crippen molar-refractivity contribution in [2.75, 3.05) is 18.9 Å². The van der Waals surface area contributed by atoms with Gasteiger partial charge in [0.15, 0.2) is 11.2 Å². The summed E-state index contributed by atoms with van der Waals surface area (Å²) in [5, 5.41) is 11.8. The number of fused-ring (bicyclic) bond motifs is 1. The van der Waals surface area contributed by atoms with Crippen LogP contribution in [-0.2, 0) is 12.8 Å². The number of anilines is 1. The number of amides is 2. The predicted octanol–water partition coefficient (Wildman–Crippen LogP) is 2.41. The van der Waals surface area contributed by atoms with Crippen LogP contribution in [0.5, 0.6) is 0 Å². The summed E-state index contributed by atoms with van der Waals surface area (Å²) in [4.78, 5) is 18.0. The van der Waals surface area contributed by atoms with Crippen LogP contribution in [0, 0.1) is 0 Å². The lowest BCUT2D eigenvalue weighted by molar-refractivity contribution is -0.205. The Morgan fingerprint density at radius 1 is 1.48 bits per heavy atom. The molecule has 118 valence electrons. The maximum Gasteiger partial charge on any atom is 0.416 e. The van der Waals surface area contributed by atoms with Crippen LogP contribution in [0.15, 0.2) is 0 Å². The van der Waals surface area contributed by atoms with Crippen LogP contribution in [0.25, 0.3) is 0 Å². The van der Waals surface area contributed by atoms with Gasteiger partial charge in [0.1, 0.15) is 0 Å². The summed E-state index contributed by atoms with van der Waals surface area (Å²) in [6.07, 6.45) is -3.37. The summed E-state index contributed by atoms with van der Waals surface area (Å²) in [6.45, 7) is -0.819. The van der Waals surface area contributed by atoms with Crippen LogP contribution >= 0.6 is 11.3 Å². The Kier molecular flexibility index (Phi) is 4.72. The van der Waals surface area contributed by atoms with Crippen molar-refractivity contribution in [2.45, 2.75) is 38.0 Å². The van der Waals surface area contributed by atoms with Gasteiger partial charge in [0, 0.05) is 11.9 Å². The van der Waals surface area contributed by atoms with E-state index in [2.05, 4.69) is 10.3 Å². The molecule has 0 aromatic carbocycles. The minimum atomic E-state index is -4.74. The number of carbonyl (C=O) groups excluding carboxylic acids is 1. The van der Waals surface area contributed by atoms with Crippen molar-refractivity contribution >= 4 is 22.5 Å². The van der Waals surface area contributed by atoms with Gasteiger partial charge in [0.2, 0.25) is 0 Å². The Morgan fingerprint density at radius 3 is 2.76 bits per heavy atom. The van der Waals surface area contributed by atoms with Crippen LogP contribution in [0.3, 0.4) is 0 Å². The Hall–Kier alpha value is -1.35. The lowest BCUT2D eigenvalue weighted by Crippen LogP contribution is -2.43. The highest BCUT2D eigenvalue weighted by atomic mass is 32.1. The molecule has 9 heteroatoms. The third-order valence-corrected chi connectivity index (χ3v) is 4.30. The van der Waals surface area contributed by atoms with Crippen LogP contribution < -0.4 is 5.32 Å². The average Bonchev–Trinajstić information content (AvgIpc) is 2.79. The summed E-state index contributed by atoms with van der Waals surface area (Å²) in [5.74, 6) is 0. The number of nitrogens with zero attached hydrogens (tertiary/aromatic N) is 2. The van der Waals surface area contributed by atoms with E-state index in [0.717, 1.165) is 41.2 Å². The van der Waals surface area contributed by atoms with Crippen molar-refractivity contribution in [1.82, 2.24) is 9.88 Å². The molecule has 2 rings (SSSR count). The van der Waals surface area contributed by atoms with Crippen molar-refractivity contribution in [2.24, 2.45) is 0 Å². The molecule has 21 heavy (non-hydrogen) atoms. The van der Waals surface area contributed by atoms with Gasteiger partial charge in [-0.15, -0.1) is 11.3 Å². The summed E-state index contributed by atoms with van der Waals surface area (Å²) in [6, 6.07) is -0.718. The molecule has 1 aromatic heterocycles. The van der Waals surface area contributed by atoms with E-state index < -0.39 is 24.9 Å². The second-order valence-electron chi connectivity index (χ2n) is 4.96. The van der Waals surface area contributed by atoms with E-state index in [1.54, 1.807) is 0 Å². The predicted molar refractivity (Wildman–Crippen MR) is 72.5 cm³/mol. The Labute approximate surface area is 123 Å². The Morgan fingerprint density at radius 2 is 2.14 bits per heavy atom. The zero-order valence-corrected chi connectivity index (χ0v) is 12.2. The first-order valence-electron chi connectivity index (χ1n) is 6.53. The maximum atomic E-state index is 12.2. The second kappa shape index (κ2) is 6.18. The third kappa shape index (κ3) is 4.07. The van der Waals surface area contributed by atoms with Crippen LogP contribution in [0.2, 0.25) is 0 Å². The largest absolute Gasteiger partial charge is 0.416 e. The minimum Gasteiger partial charge on any atom is -0.382 e. The van der Waals surface area contributed by atoms with E-state index in [1.807, 2.05) is 0 Å². The lowest BCUT2D eigenvalue weighted by Gasteiger charge is -2.22. The number of aliphatic hydroxyl groups is 1. The Balaban J connectivity index is 1.93. The molecule has 1 heterocycles. The maximum absolute atomic E-state index is 12.2. The van der Waals surface area contributed by atoms with Gasteiger partial charge in [-0.25, -0.2) is 9.78 Å². The molecule has 0 fully saturated rings. The van der Waals surface area contributed by atoms with E-state index in [-0.39, 0.29) is 0 Å². The number of alkyl halides is 3. The minimum absolute atomic E-state index is 0.389. The molecule has 1 aromatic rings. The topological polar surface area (TPSA) is 65.5 Å². The molecule has 1 unspecified atom stereocenters. The lowest BCUT2D eigenvalue weighted by atomic mass is 10.0. The second-order valence-corrected chi connectivity index (χ2v) is 6.05. The molecule has 2 amide bonds. The first-order chi connectivity index (χ1) is 9.77. The quantitative estimate of drug-likeness (QED) is 0.898. The molecule has 2 N–H and O–H groups in total. The highest BCUT2D eigenvalue weighted by Gasteiger charge is 2.39. The van der Waals surface area contributed by atoms with E-state index in [9.17, 15) is 18.0 Å². The van der Waals surface area contributed by atoms with Crippen molar-refractivity contribution in [3.63, 3.8) is 0 Å². The number of rotatable bonds is 3. The Bertz CT molecular complexity index is 495. The molecule has 0 spiro atoms. The van der Waals surface area contributed by atoms with Gasteiger partial charge in [-0.1, -0.05) is 0 Å². The number of halogens is 3. The fraction of sp³-hybridized carbons (Fsp3) is 0.667. The first kappa shape index (κ1) is 16.0. The summed E-state index contributed by atoms with van der Waals surface area (Å²) in [5.41, 5.74) is 0.958. The smallest absolute Gasteiger partial charge is 0.382 e. The molecule has 1 atom stereocenters. The number of likely N-dealkylation sites (N-methyl/N-ethyl adjacent to an activating group) is 1. The SMILES string of the molecule is CN(CC(O)C(F)(F)F)C(=O)Nc1nc2c(s1)CCCC2. The van der Waals surface area contributed by atoms with E-state index >= 15 is 0 Å². The van der Waals surface area contributed by atoms with Gasteiger partial charge in [-0.3, -0.25) is 5.32 Å².